The highest BCUT2D eigenvalue weighted by Gasteiger charge is 2.31. The molecule has 0 spiro atoms. The number of ether oxygens (including phenoxy) is 2. The highest BCUT2D eigenvalue weighted by Crippen LogP contribution is 2.32. The first kappa shape index (κ1) is 16.1. The summed E-state index contributed by atoms with van der Waals surface area (Å²) in [6.45, 7) is 3.82. The van der Waals surface area contributed by atoms with Gasteiger partial charge in [0.25, 0.3) is 0 Å². The Hall–Kier alpha value is -0.950. The first-order valence-electron chi connectivity index (χ1n) is 5.57. The molecular weight excluding hydrogens is 327 g/mol. The molecule has 0 saturated carbocycles. The van der Waals surface area contributed by atoms with Crippen LogP contribution in [0.25, 0.3) is 0 Å². The van der Waals surface area contributed by atoms with Crippen LogP contribution in [0.15, 0.2) is 22.7 Å². The van der Waals surface area contributed by atoms with Gasteiger partial charge in [-0.3, -0.25) is 0 Å². The molecule has 0 aliphatic heterocycles. The lowest BCUT2D eigenvalue weighted by Gasteiger charge is -2.21. The maximum absolute atomic E-state index is 12.1. The maximum atomic E-state index is 12.1. The molecule has 0 radical (unpaired) electrons. The van der Waals surface area contributed by atoms with Crippen LogP contribution >= 0.6 is 15.9 Å². The Labute approximate surface area is 118 Å². The molecule has 7 heteroatoms. The number of hydrogen-bond acceptors (Lipinski definition) is 3. The van der Waals surface area contributed by atoms with Gasteiger partial charge in [-0.05, 0) is 48.0 Å². The Morgan fingerprint density at radius 1 is 1.26 bits per heavy atom. The first-order valence-corrected chi connectivity index (χ1v) is 6.37. The highest BCUT2D eigenvalue weighted by atomic mass is 79.9. The first-order chi connectivity index (χ1) is 8.73. The summed E-state index contributed by atoms with van der Waals surface area (Å²) in [6.07, 6.45) is -4.72. The molecule has 0 saturated heterocycles. The third kappa shape index (κ3) is 5.28. The second-order valence-corrected chi connectivity index (χ2v) is 4.92. The van der Waals surface area contributed by atoms with Crippen LogP contribution in [0.2, 0.25) is 0 Å². The van der Waals surface area contributed by atoms with Gasteiger partial charge in [-0.2, -0.15) is 0 Å². The Kier molecular flexibility index (Phi) is 5.49. The molecule has 2 unspecified atom stereocenters. The fraction of sp³-hybridized carbons (Fsp3) is 0.500. The third-order valence-corrected chi connectivity index (χ3v) is 3.25. The number of alkyl halides is 3. The van der Waals surface area contributed by atoms with E-state index in [1.807, 2.05) is 13.8 Å². The summed E-state index contributed by atoms with van der Waals surface area (Å²) in [7, 11) is 1.60. The third-order valence-electron chi connectivity index (χ3n) is 2.63. The summed E-state index contributed by atoms with van der Waals surface area (Å²) in [4.78, 5) is 0. The van der Waals surface area contributed by atoms with E-state index >= 15 is 0 Å². The van der Waals surface area contributed by atoms with Crippen LogP contribution in [-0.2, 0) is 4.74 Å². The number of benzene rings is 1. The van der Waals surface area contributed by atoms with E-state index in [1.165, 1.54) is 18.2 Å². The summed E-state index contributed by atoms with van der Waals surface area (Å²) in [6, 6.07) is 4.32. The van der Waals surface area contributed by atoms with Gasteiger partial charge in [-0.25, -0.2) is 0 Å². The number of hydrogen-bond donors (Lipinski definition) is 1. The van der Waals surface area contributed by atoms with Crippen molar-refractivity contribution in [2.75, 3.05) is 12.4 Å². The van der Waals surface area contributed by atoms with Crippen LogP contribution in [0.4, 0.5) is 18.9 Å². The van der Waals surface area contributed by atoms with E-state index < -0.39 is 6.36 Å². The van der Waals surface area contributed by atoms with Gasteiger partial charge in [-0.15, -0.1) is 13.2 Å². The summed E-state index contributed by atoms with van der Waals surface area (Å²) >= 11 is 3.05. The van der Waals surface area contributed by atoms with Crippen molar-refractivity contribution in [3.05, 3.63) is 22.7 Å². The highest BCUT2D eigenvalue weighted by molar-refractivity contribution is 9.10. The zero-order valence-electron chi connectivity index (χ0n) is 10.7. The number of rotatable bonds is 5. The molecule has 108 valence electrons. The molecule has 3 nitrogen and oxygen atoms in total. The molecule has 0 heterocycles. The van der Waals surface area contributed by atoms with E-state index in [2.05, 4.69) is 26.0 Å². The van der Waals surface area contributed by atoms with Crippen LogP contribution in [0.1, 0.15) is 13.8 Å². The number of anilines is 1. The Bertz CT molecular complexity index is 426. The zero-order chi connectivity index (χ0) is 14.6. The number of methoxy groups -OCH3 is 1. The fourth-order valence-corrected chi connectivity index (χ4v) is 1.84. The van der Waals surface area contributed by atoms with Crippen molar-refractivity contribution in [1.29, 1.82) is 0 Å². The van der Waals surface area contributed by atoms with Gasteiger partial charge in [0.1, 0.15) is 5.75 Å². The molecule has 1 rings (SSSR count). The summed E-state index contributed by atoms with van der Waals surface area (Å²) in [5.74, 6) is -0.273. The van der Waals surface area contributed by atoms with Crippen LogP contribution < -0.4 is 10.1 Å². The molecule has 1 aromatic rings. The van der Waals surface area contributed by atoms with Crippen LogP contribution in [0, 0.1) is 0 Å². The van der Waals surface area contributed by atoms with Crippen molar-refractivity contribution < 1.29 is 22.6 Å². The maximum Gasteiger partial charge on any atom is 0.573 e. The lowest BCUT2D eigenvalue weighted by molar-refractivity contribution is -0.274. The van der Waals surface area contributed by atoms with Gasteiger partial charge in [0.15, 0.2) is 0 Å². The van der Waals surface area contributed by atoms with E-state index in [-0.39, 0.29) is 22.4 Å². The monoisotopic (exact) mass is 341 g/mol. The van der Waals surface area contributed by atoms with Crippen molar-refractivity contribution in [1.82, 2.24) is 0 Å². The zero-order valence-corrected chi connectivity index (χ0v) is 12.3. The second kappa shape index (κ2) is 6.47. The Morgan fingerprint density at radius 3 is 2.37 bits per heavy atom. The van der Waals surface area contributed by atoms with E-state index in [0.29, 0.717) is 5.69 Å². The van der Waals surface area contributed by atoms with E-state index in [9.17, 15) is 13.2 Å². The largest absolute Gasteiger partial charge is 0.573 e. The number of nitrogens with one attached hydrogen (secondary N) is 1. The SMILES string of the molecule is COC(C)C(C)Nc1ccc(OC(F)(F)F)c(Br)c1. The average Bonchev–Trinajstić information content (AvgIpc) is 2.30. The topological polar surface area (TPSA) is 30.5 Å². The van der Waals surface area contributed by atoms with Crippen LogP contribution in [0.3, 0.4) is 0 Å². The summed E-state index contributed by atoms with van der Waals surface area (Å²) in [5.41, 5.74) is 0.679. The van der Waals surface area contributed by atoms with Crippen molar-refractivity contribution in [2.45, 2.75) is 32.4 Å². The average molecular weight is 342 g/mol. The standard InChI is InChI=1S/C12H15BrF3NO2/c1-7(8(2)18-3)17-9-4-5-11(10(13)6-9)19-12(14,15)16/h4-8,17H,1-3H3. The van der Waals surface area contributed by atoms with Gasteiger partial charge in [-0.1, -0.05) is 0 Å². The molecule has 0 amide bonds. The molecule has 1 N–H and O–H groups in total. The van der Waals surface area contributed by atoms with Gasteiger partial charge in [0.05, 0.1) is 10.6 Å². The normalized spacial score (nSPS) is 14.9. The van der Waals surface area contributed by atoms with Crippen molar-refractivity contribution in [3.63, 3.8) is 0 Å². The Balaban J connectivity index is 2.77. The molecule has 0 aliphatic carbocycles. The molecule has 1 aromatic carbocycles. The minimum atomic E-state index is -4.70. The predicted octanol–water partition coefficient (Wildman–Crippen LogP) is 4.18. The summed E-state index contributed by atoms with van der Waals surface area (Å²) in [5, 5.41) is 3.13. The number of halogens is 4. The van der Waals surface area contributed by atoms with E-state index in [0.717, 1.165) is 0 Å². The molecule has 0 fully saturated rings. The molecule has 0 aromatic heterocycles. The van der Waals surface area contributed by atoms with Gasteiger partial charge < -0.3 is 14.8 Å². The Morgan fingerprint density at radius 2 is 1.89 bits per heavy atom. The van der Waals surface area contributed by atoms with Crippen LogP contribution in [-0.4, -0.2) is 25.6 Å². The van der Waals surface area contributed by atoms with Gasteiger partial charge in [0.2, 0.25) is 0 Å². The molecule has 2 atom stereocenters. The van der Waals surface area contributed by atoms with Crippen LogP contribution in [0.5, 0.6) is 5.75 Å². The molecule has 0 aliphatic rings. The minimum absolute atomic E-state index is 0.0197. The fourth-order valence-electron chi connectivity index (χ4n) is 1.38. The summed E-state index contributed by atoms with van der Waals surface area (Å²) < 4.78 is 45.6. The van der Waals surface area contributed by atoms with Gasteiger partial charge in [0, 0.05) is 18.8 Å². The van der Waals surface area contributed by atoms with Gasteiger partial charge >= 0.3 is 6.36 Å². The second-order valence-electron chi connectivity index (χ2n) is 4.07. The van der Waals surface area contributed by atoms with Crippen molar-refractivity contribution >= 4 is 21.6 Å². The smallest absolute Gasteiger partial charge is 0.405 e. The molecule has 0 bridgehead atoms. The molecule has 19 heavy (non-hydrogen) atoms. The quantitative estimate of drug-likeness (QED) is 0.871. The van der Waals surface area contributed by atoms with Crippen molar-refractivity contribution in [3.8, 4) is 5.75 Å². The van der Waals surface area contributed by atoms with E-state index in [4.69, 9.17) is 4.74 Å². The molecular formula is C12H15BrF3NO2. The lowest BCUT2D eigenvalue weighted by Crippen LogP contribution is -2.29. The van der Waals surface area contributed by atoms with Crippen molar-refractivity contribution in [2.24, 2.45) is 0 Å². The predicted molar refractivity (Wildman–Crippen MR) is 70.4 cm³/mol. The van der Waals surface area contributed by atoms with E-state index in [1.54, 1.807) is 7.11 Å². The lowest BCUT2D eigenvalue weighted by atomic mass is 10.2. The minimum Gasteiger partial charge on any atom is -0.405 e.